The number of rotatable bonds is 5. The van der Waals surface area contributed by atoms with Crippen molar-refractivity contribution in [3.63, 3.8) is 0 Å². The van der Waals surface area contributed by atoms with Crippen molar-refractivity contribution in [2.75, 3.05) is 13.7 Å². The summed E-state index contributed by atoms with van der Waals surface area (Å²) in [6.07, 6.45) is 0. The highest BCUT2D eigenvalue weighted by molar-refractivity contribution is 5.48. The molecule has 5 heteroatoms. The van der Waals surface area contributed by atoms with E-state index in [4.69, 9.17) is 4.74 Å². The van der Waals surface area contributed by atoms with Crippen molar-refractivity contribution in [2.45, 2.75) is 5.92 Å². The maximum Gasteiger partial charge on any atom is 0.214 e. The van der Waals surface area contributed by atoms with Gasteiger partial charge in [-0.25, -0.2) is 0 Å². The molecule has 0 spiro atoms. The Kier molecular flexibility index (Phi) is 4.52. The Labute approximate surface area is 122 Å². The van der Waals surface area contributed by atoms with Crippen LogP contribution in [0.3, 0.4) is 0 Å². The molecule has 0 saturated heterocycles. The fourth-order valence-electron chi connectivity index (χ4n) is 2.37. The van der Waals surface area contributed by atoms with Crippen LogP contribution in [0.25, 0.3) is 0 Å². The monoisotopic (exact) mass is 282 g/mol. The SMILES string of the molecule is COc1ccccc1C(C[N+](=O)[O-])c1ccccc1C#N. The van der Waals surface area contributed by atoms with E-state index in [1.165, 1.54) is 7.11 Å². The summed E-state index contributed by atoms with van der Waals surface area (Å²) < 4.78 is 5.30. The first-order valence-electron chi connectivity index (χ1n) is 6.41. The van der Waals surface area contributed by atoms with E-state index in [-0.39, 0.29) is 11.5 Å². The predicted octanol–water partition coefficient (Wildman–Crippen LogP) is 2.98. The molecule has 5 nitrogen and oxygen atoms in total. The standard InChI is InChI=1S/C16H14N2O3/c1-21-16-9-5-4-8-14(16)15(11-18(19)20)13-7-3-2-6-12(13)10-17/h2-9,15H,11H2,1H3. The zero-order chi connectivity index (χ0) is 15.2. The molecule has 0 N–H and O–H groups in total. The minimum atomic E-state index is -0.521. The van der Waals surface area contributed by atoms with Crippen molar-refractivity contribution in [1.82, 2.24) is 0 Å². The molecule has 0 aromatic heterocycles. The number of nitriles is 1. The highest BCUT2D eigenvalue weighted by atomic mass is 16.6. The first-order valence-corrected chi connectivity index (χ1v) is 6.41. The van der Waals surface area contributed by atoms with Gasteiger partial charge in [0.15, 0.2) is 0 Å². The van der Waals surface area contributed by atoms with Gasteiger partial charge in [0, 0.05) is 10.5 Å². The molecule has 0 heterocycles. The quantitative estimate of drug-likeness (QED) is 0.624. The van der Waals surface area contributed by atoms with Gasteiger partial charge in [-0.1, -0.05) is 36.4 Å². The van der Waals surface area contributed by atoms with E-state index in [0.717, 1.165) is 0 Å². The summed E-state index contributed by atoms with van der Waals surface area (Å²) in [5.74, 6) is 0.0593. The lowest BCUT2D eigenvalue weighted by Crippen LogP contribution is -2.16. The van der Waals surface area contributed by atoms with E-state index < -0.39 is 5.92 Å². The zero-order valence-electron chi connectivity index (χ0n) is 11.5. The second-order valence-corrected chi connectivity index (χ2v) is 4.51. The van der Waals surface area contributed by atoms with Crippen molar-refractivity contribution in [3.8, 4) is 11.8 Å². The average molecular weight is 282 g/mol. The Morgan fingerprint density at radius 2 is 1.81 bits per heavy atom. The maximum atomic E-state index is 11.0. The molecule has 106 valence electrons. The molecule has 0 bridgehead atoms. The Morgan fingerprint density at radius 3 is 2.43 bits per heavy atom. The lowest BCUT2D eigenvalue weighted by Gasteiger charge is -2.17. The minimum absolute atomic E-state index is 0.293. The first-order chi connectivity index (χ1) is 10.2. The second-order valence-electron chi connectivity index (χ2n) is 4.51. The number of nitrogens with zero attached hydrogens (tertiary/aromatic N) is 2. The Hall–Kier alpha value is -2.87. The molecular formula is C16H14N2O3. The lowest BCUT2D eigenvalue weighted by molar-refractivity contribution is -0.481. The largest absolute Gasteiger partial charge is 0.496 e. The molecule has 0 radical (unpaired) electrons. The van der Waals surface area contributed by atoms with Gasteiger partial charge in [0.25, 0.3) is 0 Å². The molecule has 21 heavy (non-hydrogen) atoms. The molecule has 0 amide bonds. The van der Waals surface area contributed by atoms with Crippen LogP contribution >= 0.6 is 0 Å². The van der Waals surface area contributed by atoms with E-state index >= 15 is 0 Å². The summed E-state index contributed by atoms with van der Waals surface area (Å²) in [6, 6.07) is 16.2. The molecule has 2 aromatic rings. The highest BCUT2D eigenvalue weighted by Gasteiger charge is 2.25. The molecule has 0 fully saturated rings. The summed E-state index contributed by atoms with van der Waals surface area (Å²) in [7, 11) is 1.53. The second kappa shape index (κ2) is 6.53. The summed E-state index contributed by atoms with van der Waals surface area (Å²) >= 11 is 0. The highest BCUT2D eigenvalue weighted by Crippen LogP contribution is 2.33. The van der Waals surface area contributed by atoms with E-state index in [2.05, 4.69) is 6.07 Å². The van der Waals surface area contributed by atoms with Crippen LogP contribution in [-0.2, 0) is 0 Å². The topological polar surface area (TPSA) is 76.2 Å². The maximum absolute atomic E-state index is 11.0. The molecule has 2 aromatic carbocycles. The fraction of sp³-hybridized carbons (Fsp3) is 0.188. The van der Waals surface area contributed by atoms with Gasteiger partial charge in [0.05, 0.1) is 24.7 Å². The van der Waals surface area contributed by atoms with Crippen LogP contribution < -0.4 is 4.74 Å². The number of benzene rings is 2. The molecule has 0 saturated carbocycles. The van der Waals surface area contributed by atoms with Crippen molar-refractivity contribution >= 4 is 0 Å². The van der Waals surface area contributed by atoms with Crippen LogP contribution in [-0.4, -0.2) is 18.6 Å². The van der Waals surface area contributed by atoms with Gasteiger partial charge in [-0.15, -0.1) is 0 Å². The van der Waals surface area contributed by atoms with Gasteiger partial charge in [-0.05, 0) is 17.7 Å². The first kappa shape index (κ1) is 14.5. The van der Waals surface area contributed by atoms with E-state index in [0.29, 0.717) is 22.4 Å². The van der Waals surface area contributed by atoms with Crippen LogP contribution in [0.2, 0.25) is 0 Å². The Balaban J connectivity index is 2.58. The third kappa shape index (κ3) is 3.18. The van der Waals surface area contributed by atoms with Crippen LogP contribution in [0.5, 0.6) is 5.75 Å². The van der Waals surface area contributed by atoms with E-state index in [9.17, 15) is 15.4 Å². The van der Waals surface area contributed by atoms with Crippen molar-refractivity contribution in [2.24, 2.45) is 0 Å². The number of hydrogen-bond donors (Lipinski definition) is 0. The van der Waals surface area contributed by atoms with Gasteiger partial charge < -0.3 is 4.74 Å². The number of hydrogen-bond acceptors (Lipinski definition) is 4. The summed E-state index contributed by atoms with van der Waals surface area (Å²) in [5, 5.41) is 20.3. The van der Waals surface area contributed by atoms with Crippen LogP contribution in [0.1, 0.15) is 22.6 Å². The molecule has 1 atom stereocenters. The molecular weight excluding hydrogens is 268 g/mol. The Bertz CT molecular complexity index is 692. The minimum Gasteiger partial charge on any atom is -0.496 e. The molecule has 0 aliphatic carbocycles. The van der Waals surface area contributed by atoms with E-state index in [1.54, 1.807) is 42.5 Å². The van der Waals surface area contributed by atoms with Crippen molar-refractivity contribution in [1.29, 1.82) is 5.26 Å². The predicted molar refractivity (Wildman–Crippen MR) is 77.9 cm³/mol. The van der Waals surface area contributed by atoms with Gasteiger partial charge >= 0.3 is 0 Å². The summed E-state index contributed by atoms with van der Waals surface area (Å²) in [6.45, 7) is -0.293. The third-order valence-electron chi connectivity index (χ3n) is 3.30. The lowest BCUT2D eigenvalue weighted by atomic mass is 9.88. The van der Waals surface area contributed by atoms with Crippen molar-refractivity contribution < 1.29 is 9.66 Å². The van der Waals surface area contributed by atoms with Gasteiger partial charge in [0.2, 0.25) is 6.54 Å². The normalized spacial score (nSPS) is 11.4. The molecule has 1 unspecified atom stereocenters. The van der Waals surface area contributed by atoms with E-state index in [1.807, 2.05) is 6.07 Å². The van der Waals surface area contributed by atoms with Crippen LogP contribution in [0.15, 0.2) is 48.5 Å². The zero-order valence-corrected chi connectivity index (χ0v) is 11.5. The van der Waals surface area contributed by atoms with Gasteiger partial charge in [-0.2, -0.15) is 5.26 Å². The van der Waals surface area contributed by atoms with Gasteiger partial charge in [0.1, 0.15) is 5.75 Å². The molecule has 0 aliphatic heterocycles. The smallest absolute Gasteiger partial charge is 0.214 e. The average Bonchev–Trinajstić information content (AvgIpc) is 2.52. The molecule has 0 aliphatic rings. The van der Waals surface area contributed by atoms with Crippen LogP contribution in [0, 0.1) is 21.4 Å². The fourth-order valence-corrected chi connectivity index (χ4v) is 2.37. The number of nitro groups is 1. The summed E-state index contributed by atoms with van der Waals surface area (Å²) in [5.41, 5.74) is 1.79. The number of methoxy groups -OCH3 is 1. The number of para-hydroxylation sites is 1. The van der Waals surface area contributed by atoms with Crippen LogP contribution in [0.4, 0.5) is 0 Å². The number of ether oxygens (including phenoxy) is 1. The van der Waals surface area contributed by atoms with Gasteiger partial charge in [-0.3, -0.25) is 10.1 Å². The third-order valence-corrected chi connectivity index (χ3v) is 3.30. The van der Waals surface area contributed by atoms with Crippen molar-refractivity contribution in [3.05, 3.63) is 75.3 Å². The Morgan fingerprint density at radius 1 is 1.19 bits per heavy atom. The summed E-state index contributed by atoms with van der Waals surface area (Å²) in [4.78, 5) is 10.7. The molecule has 2 rings (SSSR count).